The molecule has 1 N–H and O–H groups in total. The number of thiophene rings is 1. The largest absolute Gasteiger partial charge is 0.495 e. The normalized spacial score (nSPS) is 11.0. The highest BCUT2D eigenvalue weighted by atomic mass is 35.5. The molecule has 0 aliphatic rings. The van der Waals surface area contributed by atoms with Crippen molar-refractivity contribution in [2.24, 2.45) is 0 Å². The first kappa shape index (κ1) is 19.2. The number of aryl methyl sites for hydroxylation is 1. The number of aromatic nitrogens is 4. The van der Waals surface area contributed by atoms with E-state index >= 15 is 0 Å². The fourth-order valence-electron chi connectivity index (χ4n) is 2.92. The van der Waals surface area contributed by atoms with Gasteiger partial charge in [-0.15, -0.1) is 16.4 Å². The van der Waals surface area contributed by atoms with E-state index in [-0.39, 0.29) is 18.0 Å². The molecule has 0 unspecified atom stereocenters. The van der Waals surface area contributed by atoms with Crippen molar-refractivity contribution >= 4 is 40.3 Å². The van der Waals surface area contributed by atoms with Gasteiger partial charge in [-0.05, 0) is 36.6 Å². The number of rotatable bonds is 5. The zero-order chi connectivity index (χ0) is 20.5. The lowest BCUT2D eigenvalue weighted by Crippen LogP contribution is -2.25. The van der Waals surface area contributed by atoms with Crippen molar-refractivity contribution in [3.8, 4) is 16.5 Å². The van der Waals surface area contributed by atoms with Gasteiger partial charge in [0, 0.05) is 16.8 Å². The summed E-state index contributed by atoms with van der Waals surface area (Å²) in [5.74, 6) is 0.909. The van der Waals surface area contributed by atoms with Gasteiger partial charge < -0.3 is 14.6 Å². The van der Waals surface area contributed by atoms with Gasteiger partial charge in [0.2, 0.25) is 11.7 Å². The summed E-state index contributed by atoms with van der Waals surface area (Å²) in [6.07, 6.45) is 0. The Morgan fingerprint density at radius 3 is 2.86 bits per heavy atom. The van der Waals surface area contributed by atoms with Crippen LogP contribution in [0.25, 0.3) is 16.5 Å². The highest BCUT2D eigenvalue weighted by Crippen LogP contribution is 2.27. The Kier molecular flexibility index (Phi) is 5.08. The van der Waals surface area contributed by atoms with Crippen molar-refractivity contribution in [2.75, 3.05) is 12.4 Å². The number of methoxy groups -OCH3 is 1. The first-order valence-corrected chi connectivity index (χ1v) is 9.86. The topological polar surface area (TPSA) is 90.5 Å². The van der Waals surface area contributed by atoms with E-state index in [1.54, 1.807) is 29.7 Å². The Labute approximate surface area is 174 Å². The van der Waals surface area contributed by atoms with Crippen LogP contribution in [0.4, 0.5) is 5.69 Å². The van der Waals surface area contributed by atoms with Gasteiger partial charge in [-0.25, -0.2) is 0 Å². The maximum Gasteiger partial charge on any atom is 0.275 e. The van der Waals surface area contributed by atoms with Gasteiger partial charge in [0.15, 0.2) is 5.82 Å². The Morgan fingerprint density at radius 2 is 2.14 bits per heavy atom. The second kappa shape index (κ2) is 7.69. The van der Waals surface area contributed by atoms with Crippen LogP contribution >= 0.6 is 22.9 Å². The molecule has 148 valence electrons. The van der Waals surface area contributed by atoms with Crippen LogP contribution in [-0.4, -0.2) is 32.2 Å². The number of carbonyl (C=O) groups excluding carboxylic acids is 1. The van der Waals surface area contributed by atoms with E-state index in [0.29, 0.717) is 33.8 Å². The molecular formula is C19H16ClN5O3S. The van der Waals surface area contributed by atoms with E-state index in [0.717, 1.165) is 4.88 Å². The average Bonchev–Trinajstić information content (AvgIpc) is 3.35. The van der Waals surface area contributed by atoms with Gasteiger partial charge in [-0.3, -0.25) is 9.59 Å². The van der Waals surface area contributed by atoms with Crippen molar-refractivity contribution < 1.29 is 9.53 Å². The van der Waals surface area contributed by atoms with Crippen LogP contribution in [0.2, 0.25) is 5.02 Å². The number of anilines is 1. The number of hydrogen-bond acceptors (Lipinski definition) is 6. The summed E-state index contributed by atoms with van der Waals surface area (Å²) in [5, 5.41) is 9.47. The summed E-state index contributed by atoms with van der Waals surface area (Å²) in [4.78, 5) is 30.4. The van der Waals surface area contributed by atoms with E-state index in [1.165, 1.54) is 29.0 Å². The molecule has 4 rings (SSSR count). The molecule has 0 saturated carbocycles. The molecule has 0 atom stereocenters. The third-order valence-electron chi connectivity index (χ3n) is 4.28. The fourth-order valence-corrected chi connectivity index (χ4v) is 3.74. The summed E-state index contributed by atoms with van der Waals surface area (Å²) in [5.41, 5.74) is 0.752. The lowest BCUT2D eigenvalue weighted by molar-refractivity contribution is -0.116. The Bertz CT molecular complexity index is 1260. The Morgan fingerprint density at radius 1 is 1.31 bits per heavy atom. The summed E-state index contributed by atoms with van der Waals surface area (Å²) < 4.78 is 8.10. The second-order valence-corrected chi connectivity index (χ2v) is 7.61. The molecule has 0 radical (unpaired) electrons. The van der Waals surface area contributed by atoms with Crippen LogP contribution in [0, 0.1) is 6.92 Å². The number of carbonyl (C=O) groups is 1. The maximum atomic E-state index is 12.7. The van der Waals surface area contributed by atoms with Crippen LogP contribution in [-0.2, 0) is 11.3 Å². The van der Waals surface area contributed by atoms with E-state index in [1.807, 2.05) is 17.5 Å². The van der Waals surface area contributed by atoms with Crippen LogP contribution in [0.15, 0.2) is 46.6 Å². The fraction of sp³-hybridized carbons (Fsp3) is 0.158. The van der Waals surface area contributed by atoms with E-state index < -0.39 is 0 Å². The molecular weight excluding hydrogens is 414 g/mol. The van der Waals surface area contributed by atoms with Gasteiger partial charge in [-0.1, -0.05) is 17.7 Å². The van der Waals surface area contributed by atoms with Crippen LogP contribution in [0.1, 0.15) is 5.69 Å². The molecule has 3 aromatic heterocycles. The maximum absolute atomic E-state index is 12.7. The first-order chi connectivity index (χ1) is 14.0. The molecule has 1 aromatic carbocycles. The number of amides is 1. The van der Waals surface area contributed by atoms with E-state index in [4.69, 9.17) is 16.3 Å². The van der Waals surface area contributed by atoms with Crippen molar-refractivity contribution in [1.29, 1.82) is 0 Å². The van der Waals surface area contributed by atoms with Crippen LogP contribution in [0.5, 0.6) is 5.75 Å². The first-order valence-electron chi connectivity index (χ1n) is 8.61. The second-order valence-electron chi connectivity index (χ2n) is 6.23. The molecule has 0 aliphatic heterocycles. The molecule has 0 aliphatic carbocycles. The number of hydrogen-bond donors (Lipinski definition) is 1. The zero-order valence-electron chi connectivity index (χ0n) is 15.5. The van der Waals surface area contributed by atoms with Gasteiger partial charge in [0.05, 0.1) is 17.7 Å². The van der Waals surface area contributed by atoms with Crippen molar-refractivity contribution in [3.63, 3.8) is 0 Å². The Balaban J connectivity index is 1.70. The molecule has 4 aromatic rings. The number of nitrogens with one attached hydrogen (secondary N) is 1. The van der Waals surface area contributed by atoms with Crippen LogP contribution in [0.3, 0.4) is 0 Å². The number of ether oxygens (including phenoxy) is 1. The van der Waals surface area contributed by atoms with Crippen LogP contribution < -0.4 is 15.6 Å². The monoisotopic (exact) mass is 429 g/mol. The third kappa shape index (κ3) is 3.74. The smallest absolute Gasteiger partial charge is 0.275 e. The summed E-state index contributed by atoms with van der Waals surface area (Å²) in [6.45, 7) is 1.68. The van der Waals surface area contributed by atoms with Gasteiger partial charge in [0.1, 0.15) is 12.3 Å². The summed E-state index contributed by atoms with van der Waals surface area (Å²) >= 11 is 7.50. The molecule has 8 nitrogen and oxygen atoms in total. The van der Waals surface area contributed by atoms with Crippen molar-refractivity contribution in [3.05, 3.63) is 62.8 Å². The molecule has 29 heavy (non-hydrogen) atoms. The minimum atomic E-state index is -0.320. The number of nitrogens with zero attached hydrogens (tertiary/aromatic N) is 4. The van der Waals surface area contributed by atoms with Gasteiger partial charge in [-0.2, -0.15) is 9.50 Å². The van der Waals surface area contributed by atoms with Gasteiger partial charge in [0.25, 0.3) is 5.56 Å². The molecule has 0 fully saturated rings. The Hall–Kier alpha value is -3.17. The molecule has 0 bridgehead atoms. The number of fused-ring (bicyclic) bond motifs is 1. The molecule has 3 heterocycles. The molecule has 0 spiro atoms. The minimum Gasteiger partial charge on any atom is -0.495 e. The third-order valence-corrected chi connectivity index (χ3v) is 5.38. The summed E-state index contributed by atoms with van der Waals surface area (Å²) in [7, 11) is 1.51. The lowest BCUT2D eigenvalue weighted by Gasteiger charge is -2.13. The quantitative estimate of drug-likeness (QED) is 0.526. The highest BCUT2D eigenvalue weighted by Gasteiger charge is 2.17. The summed E-state index contributed by atoms with van der Waals surface area (Å²) in [6, 6.07) is 10.1. The van der Waals surface area contributed by atoms with Crippen molar-refractivity contribution in [1.82, 2.24) is 19.2 Å². The SMILES string of the molecule is COc1ccc(Cl)cc1NC(=O)Cn1c(C)cc(=O)n2nc(-c3cccs3)nc12. The molecule has 1 amide bonds. The number of halogens is 1. The minimum absolute atomic E-state index is 0.0617. The van der Waals surface area contributed by atoms with E-state index in [2.05, 4.69) is 15.4 Å². The van der Waals surface area contributed by atoms with Gasteiger partial charge >= 0.3 is 0 Å². The standard InChI is InChI=1S/C19H16ClN5O3S/c1-11-8-17(27)25-19(22-18(23-25)15-4-3-7-29-15)24(11)10-16(26)21-13-9-12(20)5-6-14(13)28-2/h3-9H,10H2,1-2H3,(H,21,26). The zero-order valence-corrected chi connectivity index (χ0v) is 17.1. The predicted molar refractivity (Wildman–Crippen MR) is 112 cm³/mol. The average molecular weight is 430 g/mol. The molecule has 10 heteroatoms. The van der Waals surface area contributed by atoms with Crippen molar-refractivity contribution in [2.45, 2.75) is 13.5 Å². The predicted octanol–water partition coefficient (Wildman–Crippen LogP) is 3.23. The molecule has 0 saturated heterocycles. The van der Waals surface area contributed by atoms with E-state index in [9.17, 15) is 9.59 Å². The number of benzene rings is 1. The lowest BCUT2D eigenvalue weighted by atomic mass is 10.3. The highest BCUT2D eigenvalue weighted by molar-refractivity contribution is 7.13.